The van der Waals surface area contributed by atoms with Gasteiger partial charge in [0.15, 0.2) is 0 Å². The number of carbonyl (C=O) groups excluding carboxylic acids is 1. The van der Waals surface area contributed by atoms with Crippen LogP contribution in [0.1, 0.15) is 66.3 Å². The maximum atomic E-state index is 13.1. The fourth-order valence-electron chi connectivity index (χ4n) is 4.65. The van der Waals surface area contributed by atoms with Gasteiger partial charge in [0.25, 0.3) is 5.91 Å². The summed E-state index contributed by atoms with van der Waals surface area (Å²) in [5, 5.41) is 3.00. The van der Waals surface area contributed by atoms with Crippen LogP contribution in [0.25, 0.3) is 5.65 Å². The van der Waals surface area contributed by atoms with E-state index in [9.17, 15) is 18.0 Å². The van der Waals surface area contributed by atoms with E-state index in [0.29, 0.717) is 18.2 Å². The van der Waals surface area contributed by atoms with Gasteiger partial charge in [0.2, 0.25) is 0 Å². The summed E-state index contributed by atoms with van der Waals surface area (Å²) < 4.78 is 40.7. The van der Waals surface area contributed by atoms with E-state index in [1.165, 1.54) is 25.0 Å². The summed E-state index contributed by atoms with van der Waals surface area (Å²) >= 11 is 0. The summed E-state index contributed by atoms with van der Waals surface area (Å²) in [5.74, 6) is 0.0183. The summed E-state index contributed by atoms with van der Waals surface area (Å²) in [5.41, 5.74) is 2.28. The number of aromatic nitrogens is 2. The molecule has 0 bridgehead atoms. The predicted molar refractivity (Wildman–Crippen MR) is 126 cm³/mol. The highest BCUT2D eigenvalue weighted by atomic mass is 19.4. The summed E-state index contributed by atoms with van der Waals surface area (Å²) in [6.07, 6.45) is 0.720. The Morgan fingerprint density at radius 3 is 2.44 bits per heavy atom. The average Bonchev–Trinajstić information content (AvgIpc) is 3.45. The van der Waals surface area contributed by atoms with E-state index in [1.54, 1.807) is 6.07 Å². The number of rotatable bonds is 8. The first-order valence-corrected chi connectivity index (χ1v) is 11.9. The zero-order chi connectivity index (χ0) is 24.3. The lowest BCUT2D eigenvalue weighted by Gasteiger charge is -2.21. The molecule has 1 aliphatic heterocycles. The molecule has 1 fully saturated rings. The zero-order valence-electron chi connectivity index (χ0n) is 19.6. The summed E-state index contributed by atoms with van der Waals surface area (Å²) in [6.45, 7) is 7.38. The second-order valence-electron chi connectivity index (χ2n) is 9.51. The second-order valence-corrected chi connectivity index (χ2v) is 9.51. The Balaban J connectivity index is 1.48. The summed E-state index contributed by atoms with van der Waals surface area (Å²) in [6, 6.07) is 10.7. The first kappa shape index (κ1) is 24.3. The number of halogens is 3. The average molecular weight is 473 g/mol. The standard InChI is InChI=1S/C26H31F3N4O/c1-18(2)14-20(19-8-10-21(11-9-19)26(27,28)29)15-30-25(34)23-6-5-7-24-31-22(17-33(23)24)16-32-12-3-4-13-32/h5-11,17-18,20H,3-4,12-16H2,1-2H3,(H,30,34). The molecule has 182 valence electrons. The minimum atomic E-state index is -4.36. The number of pyridine rings is 1. The molecule has 4 rings (SSSR count). The fourth-order valence-corrected chi connectivity index (χ4v) is 4.65. The highest BCUT2D eigenvalue weighted by Gasteiger charge is 2.30. The van der Waals surface area contributed by atoms with Crippen molar-refractivity contribution in [2.45, 2.75) is 51.7 Å². The highest BCUT2D eigenvalue weighted by Crippen LogP contribution is 2.31. The molecule has 34 heavy (non-hydrogen) atoms. The first-order valence-electron chi connectivity index (χ1n) is 11.9. The van der Waals surface area contributed by atoms with Crippen molar-refractivity contribution in [1.29, 1.82) is 0 Å². The van der Waals surface area contributed by atoms with Gasteiger partial charge in [-0.3, -0.25) is 14.1 Å². The van der Waals surface area contributed by atoms with E-state index in [1.807, 2.05) is 22.7 Å². The van der Waals surface area contributed by atoms with Gasteiger partial charge in [0.05, 0.1) is 11.3 Å². The van der Waals surface area contributed by atoms with Crippen molar-refractivity contribution >= 4 is 11.6 Å². The molecular weight excluding hydrogens is 441 g/mol. The smallest absolute Gasteiger partial charge is 0.350 e. The van der Waals surface area contributed by atoms with Crippen LogP contribution in [0.2, 0.25) is 0 Å². The molecule has 0 saturated carbocycles. The third-order valence-electron chi connectivity index (χ3n) is 6.33. The number of carbonyl (C=O) groups is 1. The highest BCUT2D eigenvalue weighted by molar-refractivity contribution is 5.93. The van der Waals surface area contributed by atoms with E-state index in [2.05, 4.69) is 29.0 Å². The number of hydrogen-bond donors (Lipinski definition) is 1. The van der Waals surface area contributed by atoms with Crippen LogP contribution in [0.3, 0.4) is 0 Å². The van der Waals surface area contributed by atoms with E-state index in [-0.39, 0.29) is 11.8 Å². The van der Waals surface area contributed by atoms with Crippen molar-refractivity contribution in [3.8, 4) is 0 Å². The van der Waals surface area contributed by atoms with Crippen LogP contribution in [0.5, 0.6) is 0 Å². The number of alkyl halides is 3. The number of amides is 1. The number of nitrogens with one attached hydrogen (secondary N) is 1. The number of benzene rings is 1. The second kappa shape index (κ2) is 10.2. The number of fused-ring (bicyclic) bond motifs is 1. The van der Waals surface area contributed by atoms with Gasteiger partial charge in [-0.2, -0.15) is 13.2 Å². The minimum absolute atomic E-state index is 0.0843. The normalized spacial score (nSPS) is 15.8. The van der Waals surface area contributed by atoms with Crippen molar-refractivity contribution in [3.05, 3.63) is 71.2 Å². The van der Waals surface area contributed by atoms with Crippen molar-refractivity contribution in [2.75, 3.05) is 19.6 Å². The van der Waals surface area contributed by atoms with Crippen molar-refractivity contribution < 1.29 is 18.0 Å². The van der Waals surface area contributed by atoms with Gasteiger partial charge >= 0.3 is 6.18 Å². The maximum absolute atomic E-state index is 13.1. The molecule has 5 nitrogen and oxygen atoms in total. The molecule has 3 aromatic rings. The zero-order valence-corrected chi connectivity index (χ0v) is 19.6. The van der Waals surface area contributed by atoms with Gasteiger partial charge in [-0.05, 0) is 68.1 Å². The van der Waals surface area contributed by atoms with Gasteiger partial charge in [-0.15, -0.1) is 0 Å². The Morgan fingerprint density at radius 2 is 1.79 bits per heavy atom. The lowest BCUT2D eigenvalue weighted by Crippen LogP contribution is -2.30. The van der Waals surface area contributed by atoms with E-state index in [0.717, 1.165) is 55.1 Å². The van der Waals surface area contributed by atoms with E-state index in [4.69, 9.17) is 0 Å². The van der Waals surface area contributed by atoms with Gasteiger partial charge in [-0.25, -0.2) is 4.98 Å². The third-order valence-corrected chi connectivity index (χ3v) is 6.33. The van der Waals surface area contributed by atoms with E-state index >= 15 is 0 Å². The molecule has 3 heterocycles. The Labute approximate surface area is 198 Å². The topological polar surface area (TPSA) is 49.6 Å². The van der Waals surface area contributed by atoms with Crippen LogP contribution < -0.4 is 5.32 Å². The fraction of sp³-hybridized carbons (Fsp3) is 0.462. The molecule has 8 heteroatoms. The first-order chi connectivity index (χ1) is 16.2. The molecule has 0 radical (unpaired) electrons. The van der Waals surface area contributed by atoms with Crippen LogP contribution in [0, 0.1) is 5.92 Å². The molecule has 1 N–H and O–H groups in total. The quantitative estimate of drug-likeness (QED) is 0.470. The molecule has 0 spiro atoms. The van der Waals surface area contributed by atoms with Crippen LogP contribution in [0.4, 0.5) is 13.2 Å². The van der Waals surface area contributed by atoms with Gasteiger partial charge in [0.1, 0.15) is 11.3 Å². The van der Waals surface area contributed by atoms with Gasteiger partial charge in [0, 0.05) is 25.2 Å². The van der Waals surface area contributed by atoms with E-state index < -0.39 is 11.7 Å². The lowest BCUT2D eigenvalue weighted by atomic mass is 9.89. The minimum Gasteiger partial charge on any atom is -0.350 e. The Morgan fingerprint density at radius 1 is 1.09 bits per heavy atom. The number of nitrogens with zero attached hydrogens (tertiary/aromatic N) is 3. The molecule has 1 amide bonds. The molecule has 1 unspecified atom stereocenters. The molecule has 1 atom stereocenters. The number of imidazole rings is 1. The van der Waals surface area contributed by atoms with Crippen LogP contribution in [0.15, 0.2) is 48.7 Å². The summed E-state index contributed by atoms with van der Waals surface area (Å²) in [4.78, 5) is 20.1. The Hall–Kier alpha value is -2.87. The summed E-state index contributed by atoms with van der Waals surface area (Å²) in [7, 11) is 0. The molecule has 0 aliphatic carbocycles. The van der Waals surface area contributed by atoms with Gasteiger partial charge < -0.3 is 5.32 Å². The van der Waals surface area contributed by atoms with Crippen molar-refractivity contribution in [1.82, 2.24) is 19.6 Å². The van der Waals surface area contributed by atoms with Crippen LogP contribution in [-0.2, 0) is 12.7 Å². The number of likely N-dealkylation sites (tertiary alicyclic amines) is 1. The van der Waals surface area contributed by atoms with Crippen molar-refractivity contribution in [2.24, 2.45) is 5.92 Å². The molecule has 2 aromatic heterocycles. The molecule has 1 saturated heterocycles. The molecule has 1 aliphatic rings. The largest absolute Gasteiger partial charge is 0.416 e. The maximum Gasteiger partial charge on any atom is 0.416 e. The monoisotopic (exact) mass is 472 g/mol. The molecular formula is C26H31F3N4O. The predicted octanol–water partition coefficient (Wildman–Crippen LogP) is 5.51. The third kappa shape index (κ3) is 5.78. The van der Waals surface area contributed by atoms with Gasteiger partial charge in [-0.1, -0.05) is 32.0 Å². The van der Waals surface area contributed by atoms with Crippen LogP contribution in [-0.4, -0.2) is 39.8 Å². The number of hydrogen-bond acceptors (Lipinski definition) is 3. The van der Waals surface area contributed by atoms with Crippen molar-refractivity contribution in [3.63, 3.8) is 0 Å². The Kier molecular flexibility index (Phi) is 7.26. The lowest BCUT2D eigenvalue weighted by molar-refractivity contribution is -0.137. The SMILES string of the molecule is CC(C)CC(CNC(=O)c1cccc2nc(CN3CCCC3)cn12)c1ccc(C(F)(F)F)cc1. The molecule has 1 aromatic carbocycles. The Bertz CT molecular complexity index is 1120. The van der Waals surface area contributed by atoms with Crippen LogP contribution >= 0.6 is 0 Å².